The number of primary amides is 2. The number of benzene rings is 3. The van der Waals surface area contributed by atoms with Crippen LogP contribution < -0.4 is 76.1 Å². The number of aliphatic hydroxyl groups excluding tert-OH is 2. The molecule has 0 aliphatic carbocycles. The summed E-state index contributed by atoms with van der Waals surface area (Å²) < 4.78 is 1.42. The van der Waals surface area contributed by atoms with Gasteiger partial charge in [-0.15, -0.1) is 11.8 Å². The molecule has 0 unspecified atom stereocenters. The number of imidazole rings is 1. The number of aromatic nitrogens is 4. The molecular formula is C88H121N23O22S. The van der Waals surface area contributed by atoms with Crippen molar-refractivity contribution in [2.75, 3.05) is 72.0 Å². The number of hydrogen-bond acceptors (Lipinski definition) is 25. The number of likely N-dealkylation sites (N-methyl/N-ethyl adjacent to an activating group) is 3. The fourth-order valence-electron chi connectivity index (χ4n) is 16.4. The minimum absolute atomic E-state index is 0.0446. The third-order valence-corrected chi connectivity index (χ3v) is 24.9. The molecule has 17 amide bonds. The summed E-state index contributed by atoms with van der Waals surface area (Å²) in [6.07, 6.45) is 2.67. The monoisotopic (exact) mass is 1880 g/mol. The molecule has 0 bridgehead atoms. The van der Waals surface area contributed by atoms with Gasteiger partial charge in [0.15, 0.2) is 0 Å². The van der Waals surface area contributed by atoms with Crippen molar-refractivity contribution in [3.05, 3.63) is 120 Å². The van der Waals surface area contributed by atoms with Crippen molar-refractivity contribution in [3.63, 3.8) is 0 Å². The summed E-state index contributed by atoms with van der Waals surface area (Å²) in [7, 11) is 3.81. The fraction of sp³-hybridized carbons (Fsp3) is 0.511. The Morgan fingerprint density at radius 2 is 1.14 bits per heavy atom. The van der Waals surface area contributed by atoms with Gasteiger partial charge < -0.3 is 136 Å². The molecule has 3 fully saturated rings. The number of phenols is 1. The molecule has 134 heavy (non-hydrogen) atoms. The number of aromatic amines is 2. The van der Waals surface area contributed by atoms with Crippen molar-refractivity contribution in [1.29, 1.82) is 0 Å². The first-order valence-corrected chi connectivity index (χ1v) is 45.4. The molecule has 9 rings (SSSR count). The number of hydrogen-bond donors (Lipinski definition) is 20. The quantitative estimate of drug-likeness (QED) is 0.0254. The Balaban J connectivity index is 1.10. The number of aliphatic carboxylic acids is 1. The van der Waals surface area contributed by atoms with Crippen LogP contribution in [0.5, 0.6) is 5.75 Å². The molecule has 726 valence electrons. The summed E-state index contributed by atoms with van der Waals surface area (Å²) in [5.74, 6) is -19.3. The lowest BCUT2D eigenvalue weighted by molar-refractivity contribution is -0.149. The maximum atomic E-state index is 15.9. The number of carboxylic acid groups (broad SMARTS) is 1. The maximum Gasteiger partial charge on any atom is 0.323 e. The van der Waals surface area contributed by atoms with E-state index in [9.17, 15) is 78.0 Å². The van der Waals surface area contributed by atoms with Gasteiger partial charge in [0.05, 0.1) is 37.8 Å². The molecular weight excluding hydrogens is 1760 g/mol. The first-order chi connectivity index (χ1) is 63.9. The number of fused-ring (bicyclic) bond motifs is 4. The number of carbonyl (C=O) groups excluding carboxylic acids is 17. The van der Waals surface area contributed by atoms with Gasteiger partial charge in [0.1, 0.15) is 96.9 Å². The number of aliphatic hydroxyl groups is 2. The van der Waals surface area contributed by atoms with Crippen LogP contribution in [0.3, 0.4) is 0 Å². The van der Waals surface area contributed by atoms with Crippen LogP contribution in [-0.4, -0.2) is 334 Å². The van der Waals surface area contributed by atoms with Crippen molar-refractivity contribution in [2.24, 2.45) is 22.9 Å². The number of nitrogens with two attached hydrogens (primary N) is 4. The van der Waals surface area contributed by atoms with Crippen LogP contribution >= 0.6 is 11.8 Å². The maximum absolute atomic E-state index is 15.9. The molecule has 3 saturated heterocycles. The number of nitrogens with zero attached hydrogens (tertiary/aromatic N) is 7. The van der Waals surface area contributed by atoms with Gasteiger partial charge in [-0.1, -0.05) is 88.1 Å². The third-order valence-electron chi connectivity index (χ3n) is 23.8. The Morgan fingerprint density at radius 3 is 1.79 bits per heavy atom. The van der Waals surface area contributed by atoms with Crippen LogP contribution in [0.4, 0.5) is 0 Å². The Labute approximate surface area is 775 Å². The lowest BCUT2D eigenvalue weighted by atomic mass is 10.00. The molecule has 3 aromatic carbocycles. The molecule has 15 atom stereocenters. The average Bonchev–Trinajstić information content (AvgIpc) is 1.63. The van der Waals surface area contributed by atoms with Crippen LogP contribution in [0.2, 0.25) is 0 Å². The molecule has 0 radical (unpaired) electrons. The minimum Gasteiger partial charge on any atom is -0.508 e. The number of carboxylic acids is 1. The van der Waals surface area contributed by atoms with Crippen molar-refractivity contribution in [2.45, 2.75) is 214 Å². The van der Waals surface area contributed by atoms with E-state index in [0.717, 1.165) is 36.3 Å². The zero-order valence-corrected chi connectivity index (χ0v) is 76.2. The number of phenolic OH excluding ortho intramolecular Hbond substituents is 1. The zero-order valence-electron chi connectivity index (χ0n) is 75.4. The van der Waals surface area contributed by atoms with Crippen LogP contribution in [0, 0.1) is 0 Å². The van der Waals surface area contributed by atoms with Crippen molar-refractivity contribution < 1.29 is 107 Å². The number of carbonyl (C=O) groups is 18. The smallest absolute Gasteiger partial charge is 0.323 e. The molecule has 6 aromatic rings. The average molecular weight is 1890 g/mol. The van der Waals surface area contributed by atoms with E-state index in [2.05, 4.69) is 68.1 Å². The highest BCUT2D eigenvalue weighted by atomic mass is 32.2. The van der Waals surface area contributed by atoms with Crippen molar-refractivity contribution in [3.8, 4) is 5.75 Å². The van der Waals surface area contributed by atoms with E-state index in [4.69, 9.17) is 22.9 Å². The largest absolute Gasteiger partial charge is 0.508 e. The van der Waals surface area contributed by atoms with E-state index < -0.39 is 267 Å². The lowest BCUT2D eigenvalue weighted by Gasteiger charge is -2.36. The molecule has 6 heterocycles. The summed E-state index contributed by atoms with van der Waals surface area (Å²) in [6.45, 7) is 0.831. The Kier molecular flexibility index (Phi) is 38.2. The van der Waals surface area contributed by atoms with Crippen LogP contribution in [0.15, 0.2) is 97.7 Å². The second kappa shape index (κ2) is 49.2. The summed E-state index contributed by atoms with van der Waals surface area (Å²) in [6, 6.07) is -3.62. The normalized spacial score (nSPS) is 24.9. The molecule has 3 aromatic heterocycles. The van der Waals surface area contributed by atoms with Crippen molar-refractivity contribution >= 4 is 140 Å². The van der Waals surface area contributed by atoms with E-state index in [1.54, 1.807) is 54.7 Å². The molecule has 3 aliphatic heterocycles. The molecule has 24 N–H and O–H groups in total. The van der Waals surface area contributed by atoms with Crippen LogP contribution in [-0.2, 0) is 119 Å². The van der Waals surface area contributed by atoms with Gasteiger partial charge in [-0.25, -0.2) is 4.98 Å². The topological polar surface area (TPSA) is 678 Å². The van der Waals surface area contributed by atoms with Gasteiger partial charge in [-0.2, -0.15) is 0 Å². The Morgan fingerprint density at radius 1 is 0.567 bits per heavy atom. The first kappa shape index (κ1) is 104. The predicted molar refractivity (Wildman–Crippen MR) is 485 cm³/mol. The second-order valence-corrected chi connectivity index (χ2v) is 34.5. The number of thioether (sulfide) groups is 1. The summed E-state index contributed by atoms with van der Waals surface area (Å²) in [5.41, 5.74) is 26.0. The summed E-state index contributed by atoms with van der Waals surface area (Å²) >= 11 is 0.738. The molecule has 0 spiro atoms. The minimum atomic E-state index is -1.90. The van der Waals surface area contributed by atoms with Gasteiger partial charge in [-0.05, 0) is 86.5 Å². The van der Waals surface area contributed by atoms with Gasteiger partial charge >= 0.3 is 5.97 Å². The van der Waals surface area contributed by atoms with E-state index in [1.165, 1.54) is 75.6 Å². The predicted octanol–water partition coefficient (Wildman–Crippen LogP) is -5.37. The second-order valence-electron chi connectivity index (χ2n) is 33.5. The number of aromatic hydroxyl groups is 1. The number of nitrogens with one attached hydrogen (secondary N) is 12. The van der Waals surface area contributed by atoms with Gasteiger partial charge in [0.25, 0.3) is 0 Å². The highest BCUT2D eigenvalue weighted by Gasteiger charge is 2.47. The molecule has 45 nitrogen and oxygen atoms in total. The Bertz CT molecular complexity index is 5230. The van der Waals surface area contributed by atoms with Crippen molar-refractivity contribution in [1.82, 2.24) is 97.2 Å². The lowest BCUT2D eigenvalue weighted by Crippen LogP contribution is -2.62. The number of rotatable bonds is 25. The molecule has 0 saturated carbocycles. The highest BCUT2D eigenvalue weighted by molar-refractivity contribution is 8.00. The van der Waals surface area contributed by atoms with E-state index in [-0.39, 0.29) is 69.5 Å². The number of amides is 17. The summed E-state index contributed by atoms with van der Waals surface area (Å²) in [4.78, 5) is 276. The number of para-hydroxylation sites is 2. The SMILES string of the molecule is CCCC[C@H]1C(=O)N(C)[C@@H](CCCC)C(=O)N[C@@H](CN)C(=O)N[C@H](C(=O)NCC(N)=O)CSCC(=O)N[C@@H](Cc2ccc(O)cc2)C(=O)N(C)[C@@H](C)C(=O)N[C@@H](CC(N)=O)C(=O)N2CCC[C@H]2C(=O)N[C@@H](CO)C(=O)N[C@@H](Cc2cnc[nH]2)C(=O)N2C[C@H](O)C[C@H]2C(=O)N[C@@H](Cc2c[nH]c3ccccc23)C(=O)N[C@@H](CCN)C(=O)N[C@@H](Cc2cn(CC(=O)O)c3ccccc23)C(=O)N1C. The van der Waals surface area contributed by atoms with E-state index >= 15 is 28.8 Å². The molecule has 3 aliphatic rings. The van der Waals surface area contributed by atoms with Crippen LogP contribution in [0.1, 0.15) is 114 Å². The highest BCUT2D eigenvalue weighted by Crippen LogP contribution is 2.29. The van der Waals surface area contributed by atoms with Gasteiger partial charge in [0, 0.05) is 125 Å². The van der Waals surface area contributed by atoms with E-state index in [0.29, 0.717) is 64.2 Å². The third kappa shape index (κ3) is 27.8. The van der Waals surface area contributed by atoms with E-state index in [1.807, 2.05) is 13.8 Å². The Hall–Kier alpha value is -13.6. The summed E-state index contributed by atoms with van der Waals surface area (Å²) in [5, 5.41) is 69.4. The number of unbranched alkanes of at least 4 members (excludes halogenated alkanes) is 2. The van der Waals surface area contributed by atoms with Gasteiger partial charge in [-0.3, -0.25) is 86.3 Å². The van der Waals surface area contributed by atoms with Crippen LogP contribution in [0.25, 0.3) is 21.8 Å². The number of H-pyrrole nitrogens is 2. The molecule has 46 heteroatoms. The fourth-order valence-corrected chi connectivity index (χ4v) is 17.3. The standard InChI is InChI=1S/C88H121N23O22S/c1-7-9-19-67-81(126)103-63(36-90)79(124)105-65(76(121)95-39-72(92)116)44-134-45-73(117)97-59(30-48-23-25-52(113)26-24-48)84(129)106(4)47(3)75(120)100-62(35-71(91)115)86(131)110-29-15-22-68(110)82(127)104-64(43-112)80(125)102-61(33-51-38-93-46-96-51)87(132)111-41-53(114)34-70(111)83(128)99-58(31-49-37-94-56-18-13-11-16-54(49)56)78(123)98-57(27-28-89)77(122)101-60(85(130)108(6)69(20-10-8-2)88(133)107(67)5)32-50-40-109(42-74(118)119)66-21-14-12-17-55(50)66/h11-14,16-18,21,23-26,37-38,40,46-47,53,57-65,67-70,94,112-114H,7-10,15,19-20,22,27-36,39,41-45,89-90H2,1-6H3,(H2,91,115)(H2,92,116)(H,93,96)(H,95,121)(H,97,117)(H,98,123)(H,99,128)(H,100,120)(H,101,122)(H,102,125)(H,103,126)(H,104,127)(H,105,124)(H,118,119)/t47-,53+,57-,58-,59-,60-,61-,62-,63-,64-,65-,67-,68-,69-,70-/m0/s1. The van der Waals surface area contributed by atoms with Gasteiger partial charge in [0.2, 0.25) is 100 Å². The first-order valence-electron chi connectivity index (χ1n) is 44.2. The zero-order chi connectivity index (χ0) is 97.9.